The fourth-order valence-electron chi connectivity index (χ4n) is 1.84. The Labute approximate surface area is 98.9 Å². The minimum Gasteiger partial charge on any atom is -0.299 e. The summed E-state index contributed by atoms with van der Waals surface area (Å²) in [5.74, 6) is 0.334. The largest absolute Gasteiger partial charge is 0.299 e. The van der Waals surface area contributed by atoms with E-state index in [2.05, 4.69) is 39.8 Å². The van der Waals surface area contributed by atoms with Crippen LogP contribution in [0.25, 0.3) is 0 Å². The molecule has 0 heterocycles. The molecule has 0 N–H and O–H groups in total. The van der Waals surface area contributed by atoms with Crippen molar-refractivity contribution in [1.29, 1.82) is 0 Å². The number of aryl methyl sites for hydroxylation is 1. The van der Waals surface area contributed by atoms with Crippen LogP contribution in [-0.4, -0.2) is 5.78 Å². The van der Waals surface area contributed by atoms with Gasteiger partial charge in [-0.25, -0.2) is 0 Å². The van der Waals surface area contributed by atoms with Crippen LogP contribution in [0.3, 0.4) is 0 Å². The van der Waals surface area contributed by atoms with Crippen LogP contribution in [0, 0.1) is 5.41 Å². The average Bonchev–Trinajstić information content (AvgIpc) is 2.15. The molecule has 1 aromatic carbocycles. The molecular weight excluding hydrogens is 196 g/mol. The normalized spacial score (nSPS) is 11.5. The van der Waals surface area contributed by atoms with Crippen molar-refractivity contribution in [3.05, 3.63) is 35.4 Å². The Balaban J connectivity index is 2.62. The molecule has 1 nitrogen and oxygen atoms in total. The van der Waals surface area contributed by atoms with E-state index in [4.69, 9.17) is 0 Å². The Morgan fingerprint density at radius 1 is 1.19 bits per heavy atom. The van der Waals surface area contributed by atoms with Crippen molar-refractivity contribution >= 4 is 5.78 Å². The standard InChI is InChI=1S/C15H22O/c1-5-12-7-6-8-13(9-12)10-14(16)11-15(2,3)4/h6-9H,5,10-11H2,1-4H3. The number of benzene rings is 1. The molecular formula is C15H22O. The number of carbonyl (C=O) groups is 1. The Morgan fingerprint density at radius 3 is 2.38 bits per heavy atom. The lowest BCUT2D eigenvalue weighted by Crippen LogP contribution is -2.14. The summed E-state index contributed by atoms with van der Waals surface area (Å²) in [6.07, 6.45) is 2.26. The van der Waals surface area contributed by atoms with Gasteiger partial charge in [-0.1, -0.05) is 52.0 Å². The molecule has 0 spiro atoms. The third-order valence-corrected chi connectivity index (χ3v) is 2.53. The summed E-state index contributed by atoms with van der Waals surface area (Å²) in [5, 5.41) is 0. The lowest BCUT2D eigenvalue weighted by Gasteiger charge is -2.16. The highest BCUT2D eigenvalue weighted by molar-refractivity contribution is 5.81. The summed E-state index contributed by atoms with van der Waals surface area (Å²) in [7, 11) is 0. The van der Waals surface area contributed by atoms with Crippen LogP contribution in [0.15, 0.2) is 24.3 Å². The average molecular weight is 218 g/mol. The first-order chi connectivity index (χ1) is 7.40. The summed E-state index contributed by atoms with van der Waals surface area (Å²) < 4.78 is 0. The Bertz CT molecular complexity index is 358. The van der Waals surface area contributed by atoms with Crippen LogP contribution in [0.1, 0.15) is 45.2 Å². The molecule has 0 saturated carbocycles. The topological polar surface area (TPSA) is 17.1 Å². The number of ketones is 1. The fourth-order valence-corrected chi connectivity index (χ4v) is 1.84. The van der Waals surface area contributed by atoms with Crippen molar-refractivity contribution in [3.8, 4) is 0 Å². The molecule has 1 rings (SSSR count). The fraction of sp³-hybridized carbons (Fsp3) is 0.533. The van der Waals surface area contributed by atoms with E-state index in [1.807, 2.05) is 12.1 Å². The number of hydrogen-bond acceptors (Lipinski definition) is 1. The molecule has 0 fully saturated rings. The summed E-state index contributed by atoms with van der Waals surface area (Å²) >= 11 is 0. The monoisotopic (exact) mass is 218 g/mol. The summed E-state index contributed by atoms with van der Waals surface area (Å²) in [5.41, 5.74) is 2.55. The van der Waals surface area contributed by atoms with Gasteiger partial charge in [0.05, 0.1) is 0 Å². The maximum atomic E-state index is 11.8. The SMILES string of the molecule is CCc1cccc(CC(=O)CC(C)(C)C)c1. The quantitative estimate of drug-likeness (QED) is 0.751. The molecule has 0 aliphatic carbocycles. The molecule has 0 radical (unpaired) electrons. The van der Waals surface area contributed by atoms with Gasteiger partial charge in [0.2, 0.25) is 0 Å². The molecule has 0 aliphatic rings. The van der Waals surface area contributed by atoms with Crippen LogP contribution in [0.5, 0.6) is 0 Å². The first kappa shape index (κ1) is 13.0. The highest BCUT2D eigenvalue weighted by Crippen LogP contribution is 2.20. The molecule has 0 bridgehead atoms. The van der Waals surface area contributed by atoms with Crippen molar-refractivity contribution in [2.75, 3.05) is 0 Å². The van der Waals surface area contributed by atoms with Gasteiger partial charge < -0.3 is 0 Å². The van der Waals surface area contributed by atoms with Gasteiger partial charge in [0.15, 0.2) is 0 Å². The molecule has 0 saturated heterocycles. The third-order valence-electron chi connectivity index (χ3n) is 2.53. The van der Waals surface area contributed by atoms with Crippen LogP contribution < -0.4 is 0 Å². The summed E-state index contributed by atoms with van der Waals surface area (Å²) in [6, 6.07) is 8.33. The number of hydrogen-bond donors (Lipinski definition) is 0. The van der Waals surface area contributed by atoms with Crippen molar-refractivity contribution in [1.82, 2.24) is 0 Å². The van der Waals surface area contributed by atoms with E-state index < -0.39 is 0 Å². The molecule has 1 heteroatoms. The molecule has 0 amide bonds. The molecule has 16 heavy (non-hydrogen) atoms. The molecule has 1 aromatic rings. The first-order valence-electron chi connectivity index (χ1n) is 6.00. The second kappa shape index (κ2) is 5.29. The zero-order valence-electron chi connectivity index (χ0n) is 10.8. The van der Waals surface area contributed by atoms with Gasteiger partial charge in [0.25, 0.3) is 0 Å². The van der Waals surface area contributed by atoms with E-state index in [1.165, 1.54) is 5.56 Å². The Morgan fingerprint density at radius 2 is 1.81 bits per heavy atom. The van der Waals surface area contributed by atoms with E-state index in [0.717, 1.165) is 12.0 Å². The van der Waals surface area contributed by atoms with Crippen LogP contribution in [-0.2, 0) is 17.6 Å². The molecule has 0 atom stereocenters. The van der Waals surface area contributed by atoms with E-state index in [-0.39, 0.29) is 5.41 Å². The van der Waals surface area contributed by atoms with Crippen LogP contribution in [0.2, 0.25) is 0 Å². The second-order valence-corrected chi connectivity index (χ2v) is 5.63. The van der Waals surface area contributed by atoms with Gasteiger partial charge in [0.1, 0.15) is 5.78 Å². The minimum absolute atomic E-state index is 0.0967. The smallest absolute Gasteiger partial charge is 0.137 e. The lowest BCUT2D eigenvalue weighted by molar-refractivity contribution is -0.120. The van der Waals surface area contributed by atoms with E-state index in [1.54, 1.807) is 0 Å². The van der Waals surface area contributed by atoms with Gasteiger partial charge in [-0.05, 0) is 23.0 Å². The zero-order valence-corrected chi connectivity index (χ0v) is 10.8. The zero-order chi connectivity index (χ0) is 12.2. The van der Waals surface area contributed by atoms with Crippen LogP contribution in [0.4, 0.5) is 0 Å². The Hall–Kier alpha value is -1.11. The van der Waals surface area contributed by atoms with Gasteiger partial charge in [-0.15, -0.1) is 0 Å². The van der Waals surface area contributed by atoms with Crippen molar-refractivity contribution in [2.24, 2.45) is 5.41 Å². The lowest BCUT2D eigenvalue weighted by atomic mass is 9.88. The first-order valence-corrected chi connectivity index (χ1v) is 6.00. The second-order valence-electron chi connectivity index (χ2n) is 5.63. The van der Waals surface area contributed by atoms with Gasteiger partial charge in [-0.2, -0.15) is 0 Å². The number of rotatable bonds is 4. The van der Waals surface area contributed by atoms with Crippen molar-refractivity contribution in [3.63, 3.8) is 0 Å². The predicted octanol–water partition coefficient (Wildman–Crippen LogP) is 3.80. The van der Waals surface area contributed by atoms with Gasteiger partial charge in [0, 0.05) is 12.8 Å². The highest BCUT2D eigenvalue weighted by Gasteiger charge is 2.15. The predicted molar refractivity (Wildman–Crippen MR) is 68.6 cm³/mol. The summed E-state index contributed by atoms with van der Waals surface area (Å²) in [6.45, 7) is 8.45. The Kier molecular flexibility index (Phi) is 4.28. The molecule has 0 unspecified atom stereocenters. The van der Waals surface area contributed by atoms with Gasteiger partial charge in [-0.3, -0.25) is 4.79 Å². The maximum absolute atomic E-state index is 11.8. The minimum atomic E-state index is 0.0967. The summed E-state index contributed by atoms with van der Waals surface area (Å²) in [4.78, 5) is 11.8. The number of carbonyl (C=O) groups excluding carboxylic acids is 1. The van der Waals surface area contributed by atoms with Crippen molar-refractivity contribution < 1.29 is 4.79 Å². The third kappa shape index (κ3) is 4.61. The van der Waals surface area contributed by atoms with Gasteiger partial charge >= 0.3 is 0 Å². The van der Waals surface area contributed by atoms with E-state index in [9.17, 15) is 4.79 Å². The number of Topliss-reactive ketones (excluding diaryl/α,β-unsaturated/α-hetero) is 1. The highest BCUT2D eigenvalue weighted by atomic mass is 16.1. The van der Waals surface area contributed by atoms with Crippen molar-refractivity contribution in [2.45, 2.75) is 47.0 Å². The molecule has 0 aliphatic heterocycles. The molecule has 88 valence electrons. The van der Waals surface area contributed by atoms with E-state index >= 15 is 0 Å². The molecule has 0 aromatic heterocycles. The van der Waals surface area contributed by atoms with E-state index in [0.29, 0.717) is 18.6 Å². The maximum Gasteiger partial charge on any atom is 0.137 e. The van der Waals surface area contributed by atoms with Crippen LogP contribution >= 0.6 is 0 Å².